The Balaban J connectivity index is 2.12. The second-order valence-corrected chi connectivity index (χ2v) is 7.39. The van der Waals surface area contributed by atoms with Crippen LogP contribution >= 0.6 is 11.3 Å². The fraction of sp³-hybridized carbons (Fsp3) is 0.316. The maximum absolute atomic E-state index is 13.0. The number of aromatic nitrogens is 2. The van der Waals surface area contributed by atoms with Gasteiger partial charge in [-0.25, -0.2) is 4.39 Å². The third kappa shape index (κ3) is 3.85. The topological polar surface area (TPSA) is 73.2 Å². The zero-order chi connectivity index (χ0) is 19.6. The van der Waals surface area contributed by atoms with Gasteiger partial charge in [0.2, 0.25) is 0 Å². The lowest BCUT2D eigenvalue weighted by Gasteiger charge is -2.12. The Labute approximate surface area is 159 Å². The average Bonchev–Trinajstić information content (AvgIpc) is 3.02. The van der Waals surface area contributed by atoms with Crippen molar-refractivity contribution in [3.63, 3.8) is 0 Å². The van der Waals surface area contributed by atoms with Crippen molar-refractivity contribution < 1.29 is 13.9 Å². The van der Waals surface area contributed by atoms with Crippen LogP contribution in [-0.4, -0.2) is 35.0 Å². The van der Waals surface area contributed by atoms with Crippen LogP contribution in [0.25, 0.3) is 16.5 Å². The standard InChI is InChI=1S/C19H20FN3O3S/c1-11(2)21-18(24)17-15-10-27-12(3)16(15)19(25)23(22-17)13-4-6-14(7-5-13)26-9-8-20/h4-7,10-11H,8-9H2,1-3H3,(H,21,24). The van der Waals surface area contributed by atoms with Crippen LogP contribution in [0, 0.1) is 6.92 Å². The van der Waals surface area contributed by atoms with Gasteiger partial charge in [-0.15, -0.1) is 11.3 Å². The number of fused-ring (bicyclic) bond motifs is 1. The van der Waals surface area contributed by atoms with E-state index in [1.54, 1.807) is 29.6 Å². The van der Waals surface area contributed by atoms with Crippen LogP contribution in [-0.2, 0) is 0 Å². The zero-order valence-corrected chi connectivity index (χ0v) is 16.1. The summed E-state index contributed by atoms with van der Waals surface area (Å²) >= 11 is 1.41. The first-order chi connectivity index (χ1) is 12.9. The molecule has 8 heteroatoms. The van der Waals surface area contributed by atoms with Crippen LogP contribution in [0.2, 0.25) is 0 Å². The van der Waals surface area contributed by atoms with E-state index in [0.717, 1.165) is 4.88 Å². The summed E-state index contributed by atoms with van der Waals surface area (Å²) < 4.78 is 18.7. The molecule has 27 heavy (non-hydrogen) atoms. The summed E-state index contributed by atoms with van der Waals surface area (Å²) in [5.74, 6) is 0.166. The molecule has 0 spiro atoms. The summed E-state index contributed by atoms with van der Waals surface area (Å²) in [6.45, 7) is 4.96. The number of hydrogen-bond donors (Lipinski definition) is 1. The van der Waals surface area contributed by atoms with Gasteiger partial charge < -0.3 is 10.1 Å². The average molecular weight is 389 g/mol. The molecule has 0 atom stereocenters. The third-order valence-corrected chi connectivity index (χ3v) is 4.81. The molecule has 1 N–H and O–H groups in total. The molecular formula is C19H20FN3O3S. The van der Waals surface area contributed by atoms with Crippen LogP contribution < -0.4 is 15.6 Å². The monoisotopic (exact) mass is 389 g/mol. The van der Waals surface area contributed by atoms with Gasteiger partial charge in [-0.3, -0.25) is 9.59 Å². The molecule has 2 heterocycles. The molecule has 2 aromatic heterocycles. The number of rotatable bonds is 6. The largest absolute Gasteiger partial charge is 0.491 e. The number of carbonyl (C=O) groups excluding carboxylic acids is 1. The molecule has 0 saturated heterocycles. The Hall–Kier alpha value is -2.74. The Bertz CT molecular complexity index is 1030. The number of hydrogen-bond acceptors (Lipinski definition) is 5. The Morgan fingerprint density at radius 1 is 1.33 bits per heavy atom. The number of thiophene rings is 1. The summed E-state index contributed by atoms with van der Waals surface area (Å²) in [5.41, 5.74) is 0.418. The second-order valence-electron chi connectivity index (χ2n) is 6.31. The van der Waals surface area contributed by atoms with E-state index in [2.05, 4.69) is 10.4 Å². The molecule has 1 aromatic carbocycles. The van der Waals surface area contributed by atoms with E-state index in [1.165, 1.54) is 16.0 Å². The second kappa shape index (κ2) is 7.87. The number of amides is 1. The summed E-state index contributed by atoms with van der Waals surface area (Å²) in [6, 6.07) is 6.52. The van der Waals surface area contributed by atoms with Gasteiger partial charge in [0.15, 0.2) is 5.69 Å². The molecule has 0 saturated carbocycles. The number of nitrogens with one attached hydrogen (secondary N) is 1. The molecular weight excluding hydrogens is 369 g/mol. The van der Waals surface area contributed by atoms with Gasteiger partial charge in [-0.2, -0.15) is 9.78 Å². The van der Waals surface area contributed by atoms with Gasteiger partial charge in [0, 0.05) is 21.7 Å². The maximum atomic E-state index is 13.0. The van der Waals surface area contributed by atoms with Crippen molar-refractivity contribution >= 4 is 28.0 Å². The molecule has 3 rings (SSSR count). The minimum atomic E-state index is -0.578. The third-order valence-electron chi connectivity index (χ3n) is 3.90. The molecule has 0 bridgehead atoms. The Morgan fingerprint density at radius 3 is 2.67 bits per heavy atom. The summed E-state index contributed by atoms with van der Waals surface area (Å²) in [4.78, 5) is 26.4. The van der Waals surface area contributed by atoms with Crippen LogP contribution in [0.4, 0.5) is 4.39 Å². The first kappa shape index (κ1) is 19.0. The molecule has 0 fully saturated rings. The predicted molar refractivity (Wildman–Crippen MR) is 104 cm³/mol. The lowest BCUT2D eigenvalue weighted by atomic mass is 10.2. The van der Waals surface area contributed by atoms with Crippen molar-refractivity contribution in [2.24, 2.45) is 0 Å². The van der Waals surface area contributed by atoms with Crippen molar-refractivity contribution in [1.29, 1.82) is 0 Å². The molecule has 0 aliphatic carbocycles. The van der Waals surface area contributed by atoms with Crippen molar-refractivity contribution in [3.8, 4) is 11.4 Å². The molecule has 0 radical (unpaired) electrons. The summed E-state index contributed by atoms with van der Waals surface area (Å²) in [6.07, 6.45) is 0. The van der Waals surface area contributed by atoms with Crippen molar-refractivity contribution in [3.05, 3.63) is 50.6 Å². The number of nitrogens with zero attached hydrogens (tertiary/aromatic N) is 2. The fourth-order valence-corrected chi connectivity index (χ4v) is 3.55. The van der Waals surface area contributed by atoms with Crippen LogP contribution in [0.15, 0.2) is 34.4 Å². The molecule has 142 valence electrons. The van der Waals surface area contributed by atoms with Crippen molar-refractivity contribution in [1.82, 2.24) is 15.1 Å². The minimum absolute atomic E-state index is 0.0306. The van der Waals surface area contributed by atoms with Crippen LogP contribution in [0.3, 0.4) is 0 Å². The first-order valence-corrected chi connectivity index (χ1v) is 9.41. The molecule has 0 aliphatic heterocycles. The van der Waals surface area contributed by atoms with E-state index in [-0.39, 0.29) is 29.8 Å². The van der Waals surface area contributed by atoms with Crippen molar-refractivity contribution in [2.45, 2.75) is 26.8 Å². The molecule has 1 amide bonds. The number of aryl methyl sites for hydroxylation is 1. The smallest absolute Gasteiger partial charge is 0.280 e. The van der Waals surface area contributed by atoms with E-state index in [4.69, 9.17) is 4.74 Å². The number of alkyl halides is 1. The van der Waals surface area contributed by atoms with E-state index in [1.807, 2.05) is 20.8 Å². The number of carbonyl (C=O) groups is 1. The first-order valence-electron chi connectivity index (χ1n) is 8.53. The molecule has 3 aromatic rings. The molecule has 6 nitrogen and oxygen atoms in total. The van der Waals surface area contributed by atoms with Gasteiger partial charge in [-0.05, 0) is 45.0 Å². The van der Waals surface area contributed by atoms with Gasteiger partial charge >= 0.3 is 0 Å². The van der Waals surface area contributed by atoms with E-state index in [0.29, 0.717) is 22.2 Å². The van der Waals surface area contributed by atoms with Gasteiger partial charge in [0.1, 0.15) is 19.0 Å². The van der Waals surface area contributed by atoms with Crippen LogP contribution in [0.5, 0.6) is 5.75 Å². The highest BCUT2D eigenvalue weighted by Gasteiger charge is 2.20. The van der Waals surface area contributed by atoms with Gasteiger partial charge in [0.05, 0.1) is 11.1 Å². The highest BCUT2D eigenvalue weighted by Crippen LogP contribution is 2.25. The highest BCUT2D eigenvalue weighted by molar-refractivity contribution is 7.11. The van der Waals surface area contributed by atoms with Crippen LogP contribution in [0.1, 0.15) is 29.2 Å². The van der Waals surface area contributed by atoms with Crippen molar-refractivity contribution in [2.75, 3.05) is 13.3 Å². The normalized spacial score (nSPS) is 11.1. The predicted octanol–water partition coefficient (Wildman–Crippen LogP) is 3.24. The number of benzene rings is 1. The summed E-state index contributed by atoms with van der Waals surface area (Å²) in [5, 5.41) is 9.98. The Morgan fingerprint density at radius 2 is 2.04 bits per heavy atom. The molecule has 0 unspecified atom stereocenters. The highest BCUT2D eigenvalue weighted by atomic mass is 32.1. The van der Waals surface area contributed by atoms with E-state index in [9.17, 15) is 14.0 Å². The van der Waals surface area contributed by atoms with E-state index >= 15 is 0 Å². The fourth-order valence-electron chi connectivity index (χ4n) is 2.71. The maximum Gasteiger partial charge on any atom is 0.280 e. The lowest BCUT2D eigenvalue weighted by Crippen LogP contribution is -2.33. The quantitative estimate of drug-likeness (QED) is 0.702. The number of ether oxygens (including phenoxy) is 1. The molecule has 0 aliphatic rings. The Kier molecular flexibility index (Phi) is 5.55. The lowest BCUT2D eigenvalue weighted by molar-refractivity contribution is 0.0938. The summed E-state index contributed by atoms with van der Waals surface area (Å²) in [7, 11) is 0. The van der Waals surface area contributed by atoms with E-state index < -0.39 is 6.67 Å². The SMILES string of the molecule is Cc1scc2c(C(=O)NC(C)C)nn(-c3ccc(OCCF)cc3)c(=O)c12. The number of halogens is 1. The van der Waals surface area contributed by atoms with Gasteiger partial charge in [0.25, 0.3) is 11.5 Å². The zero-order valence-electron chi connectivity index (χ0n) is 15.3. The van der Waals surface area contributed by atoms with Gasteiger partial charge in [-0.1, -0.05) is 0 Å². The minimum Gasteiger partial charge on any atom is -0.491 e.